The lowest BCUT2D eigenvalue weighted by Crippen LogP contribution is -2.46. The van der Waals surface area contributed by atoms with Gasteiger partial charge in [-0.15, -0.1) is 0 Å². The zero-order valence-corrected chi connectivity index (χ0v) is 16.3. The van der Waals surface area contributed by atoms with Gasteiger partial charge in [0.05, 0.1) is 6.67 Å². The molecule has 0 spiro atoms. The van der Waals surface area contributed by atoms with Crippen LogP contribution in [0.15, 0.2) is 91.0 Å². The maximum Gasteiger partial charge on any atom is 0.326 e. The van der Waals surface area contributed by atoms with Gasteiger partial charge in [-0.1, -0.05) is 91.0 Å². The maximum atomic E-state index is 13.6. The minimum absolute atomic E-state index is 0.209. The van der Waals surface area contributed by atoms with Crippen molar-refractivity contribution in [3.8, 4) is 0 Å². The van der Waals surface area contributed by atoms with Gasteiger partial charge in [0.25, 0.3) is 5.91 Å². The van der Waals surface area contributed by atoms with Crippen molar-refractivity contribution >= 4 is 11.9 Å². The number of hydrogen-bond donors (Lipinski definition) is 1. The summed E-state index contributed by atoms with van der Waals surface area (Å²) in [7, 11) is 1.90. The molecular formula is C24H23N3O2. The molecule has 3 aromatic carbocycles. The highest BCUT2D eigenvalue weighted by Crippen LogP contribution is 2.36. The third kappa shape index (κ3) is 3.52. The smallest absolute Gasteiger partial charge is 0.315 e. The van der Waals surface area contributed by atoms with E-state index in [1.54, 1.807) is 0 Å². The highest BCUT2D eigenvalue weighted by molar-refractivity contribution is 6.09. The molecule has 146 valence electrons. The van der Waals surface area contributed by atoms with Crippen LogP contribution >= 0.6 is 0 Å². The van der Waals surface area contributed by atoms with Gasteiger partial charge in [0, 0.05) is 6.54 Å². The number of urea groups is 1. The van der Waals surface area contributed by atoms with Gasteiger partial charge in [0.2, 0.25) is 0 Å². The fraction of sp³-hybridized carbons (Fsp3) is 0.167. The summed E-state index contributed by atoms with van der Waals surface area (Å²) in [5.74, 6) is -0.264. The number of imide groups is 1. The number of benzene rings is 3. The summed E-state index contributed by atoms with van der Waals surface area (Å²) in [6, 6.07) is 28.4. The molecular weight excluding hydrogens is 362 g/mol. The van der Waals surface area contributed by atoms with Crippen LogP contribution in [-0.4, -0.2) is 35.5 Å². The third-order valence-electron chi connectivity index (χ3n) is 5.20. The number of amides is 3. The van der Waals surface area contributed by atoms with Crippen LogP contribution in [0.3, 0.4) is 0 Å². The molecule has 4 rings (SSSR count). The van der Waals surface area contributed by atoms with E-state index in [2.05, 4.69) is 5.32 Å². The van der Waals surface area contributed by atoms with Gasteiger partial charge in [-0.25, -0.2) is 9.69 Å². The molecule has 0 bridgehead atoms. The highest BCUT2D eigenvalue weighted by Gasteiger charge is 2.53. The lowest BCUT2D eigenvalue weighted by molar-refractivity contribution is -0.131. The second kappa shape index (κ2) is 7.89. The topological polar surface area (TPSA) is 52.6 Å². The second-order valence-electron chi connectivity index (χ2n) is 7.29. The van der Waals surface area contributed by atoms with Crippen LogP contribution in [-0.2, 0) is 16.9 Å². The first-order chi connectivity index (χ1) is 14.1. The quantitative estimate of drug-likeness (QED) is 0.660. The molecule has 1 heterocycles. The predicted molar refractivity (Wildman–Crippen MR) is 112 cm³/mol. The van der Waals surface area contributed by atoms with Crippen molar-refractivity contribution in [3.05, 3.63) is 108 Å². The molecule has 0 atom stereocenters. The second-order valence-corrected chi connectivity index (χ2v) is 7.29. The summed E-state index contributed by atoms with van der Waals surface area (Å²) in [6.45, 7) is 0.850. The minimum atomic E-state index is -1.22. The van der Waals surface area contributed by atoms with E-state index in [9.17, 15) is 9.59 Å². The van der Waals surface area contributed by atoms with Crippen LogP contribution in [0.1, 0.15) is 16.7 Å². The summed E-state index contributed by atoms with van der Waals surface area (Å²) in [5, 5.41) is 2.98. The van der Waals surface area contributed by atoms with E-state index in [0.29, 0.717) is 6.54 Å². The van der Waals surface area contributed by atoms with Crippen LogP contribution in [0.5, 0.6) is 0 Å². The van der Waals surface area contributed by atoms with Crippen LogP contribution in [0.25, 0.3) is 0 Å². The monoisotopic (exact) mass is 385 g/mol. The first kappa shape index (κ1) is 18.9. The normalized spacial score (nSPS) is 15.6. The van der Waals surface area contributed by atoms with E-state index in [4.69, 9.17) is 0 Å². The Labute approximate surface area is 170 Å². The molecule has 29 heavy (non-hydrogen) atoms. The molecule has 1 aliphatic rings. The Bertz CT molecular complexity index is 951. The lowest BCUT2D eigenvalue weighted by atomic mass is 9.83. The molecule has 5 nitrogen and oxygen atoms in total. The number of carbonyl (C=O) groups excluding carboxylic acids is 2. The zero-order chi connectivity index (χ0) is 20.3. The molecule has 0 radical (unpaired) electrons. The maximum absolute atomic E-state index is 13.6. The summed E-state index contributed by atoms with van der Waals surface area (Å²) in [4.78, 5) is 29.8. The van der Waals surface area contributed by atoms with E-state index in [1.807, 2.05) is 103 Å². The van der Waals surface area contributed by atoms with Gasteiger partial charge in [-0.2, -0.15) is 0 Å². The standard InChI is InChI=1S/C24H23N3O2/c1-26(17-19-11-5-2-6-12-19)18-27-22(28)24(25-23(27)29,20-13-7-3-8-14-20)21-15-9-4-10-16-21/h2-16H,17-18H2,1H3,(H,25,29). The van der Waals surface area contributed by atoms with Crippen molar-refractivity contribution in [2.24, 2.45) is 0 Å². The van der Waals surface area contributed by atoms with Crippen LogP contribution < -0.4 is 5.32 Å². The Morgan fingerprint density at radius 1 is 0.793 bits per heavy atom. The van der Waals surface area contributed by atoms with Crippen LogP contribution in [0.2, 0.25) is 0 Å². The fourth-order valence-corrected chi connectivity index (χ4v) is 3.83. The SMILES string of the molecule is CN(Cc1ccccc1)CN1C(=O)NC(c2ccccc2)(c2ccccc2)C1=O. The third-order valence-corrected chi connectivity index (χ3v) is 5.20. The molecule has 0 saturated carbocycles. The van der Waals surface area contributed by atoms with Crippen molar-refractivity contribution < 1.29 is 9.59 Å². The molecule has 1 fully saturated rings. The van der Waals surface area contributed by atoms with Crippen LogP contribution in [0, 0.1) is 0 Å². The molecule has 3 amide bonds. The van der Waals surface area contributed by atoms with Gasteiger partial charge in [0.15, 0.2) is 5.54 Å². The number of hydrogen-bond acceptors (Lipinski definition) is 3. The van der Waals surface area contributed by atoms with Crippen molar-refractivity contribution in [3.63, 3.8) is 0 Å². The van der Waals surface area contributed by atoms with Crippen LogP contribution in [0.4, 0.5) is 4.79 Å². The first-order valence-corrected chi connectivity index (χ1v) is 9.59. The fourth-order valence-electron chi connectivity index (χ4n) is 3.83. The Hall–Kier alpha value is -3.44. The molecule has 3 aromatic rings. The molecule has 5 heteroatoms. The average molecular weight is 385 g/mol. The first-order valence-electron chi connectivity index (χ1n) is 9.59. The predicted octanol–water partition coefficient (Wildman–Crippen LogP) is 3.57. The Morgan fingerprint density at radius 3 is 1.79 bits per heavy atom. The molecule has 0 aliphatic carbocycles. The molecule has 0 unspecified atom stereocenters. The number of nitrogens with zero attached hydrogens (tertiary/aromatic N) is 2. The average Bonchev–Trinajstić information content (AvgIpc) is 3.01. The van der Waals surface area contributed by atoms with Gasteiger partial charge in [0.1, 0.15) is 0 Å². The molecule has 0 aromatic heterocycles. The van der Waals surface area contributed by atoms with Crippen molar-refractivity contribution in [2.45, 2.75) is 12.1 Å². The highest BCUT2D eigenvalue weighted by atomic mass is 16.2. The van der Waals surface area contributed by atoms with Gasteiger partial charge < -0.3 is 5.32 Å². The minimum Gasteiger partial charge on any atom is -0.315 e. The zero-order valence-electron chi connectivity index (χ0n) is 16.3. The summed E-state index contributed by atoms with van der Waals surface area (Å²) in [5.41, 5.74) is 1.41. The van der Waals surface area contributed by atoms with Gasteiger partial charge >= 0.3 is 6.03 Å². The summed E-state index contributed by atoms with van der Waals surface area (Å²) < 4.78 is 0. The van der Waals surface area contributed by atoms with Crippen molar-refractivity contribution in [2.75, 3.05) is 13.7 Å². The van der Waals surface area contributed by atoms with Gasteiger partial charge in [-0.3, -0.25) is 9.69 Å². The molecule has 1 saturated heterocycles. The van der Waals surface area contributed by atoms with E-state index in [1.165, 1.54) is 4.90 Å². The van der Waals surface area contributed by atoms with Crippen molar-refractivity contribution in [1.29, 1.82) is 0 Å². The van der Waals surface area contributed by atoms with Gasteiger partial charge in [-0.05, 0) is 23.7 Å². The summed E-state index contributed by atoms with van der Waals surface area (Å²) in [6.07, 6.45) is 0. The van der Waals surface area contributed by atoms with Crippen molar-refractivity contribution in [1.82, 2.24) is 15.1 Å². The molecule has 1 aliphatic heterocycles. The van der Waals surface area contributed by atoms with E-state index >= 15 is 0 Å². The number of carbonyl (C=O) groups is 2. The Kier molecular flexibility index (Phi) is 5.14. The number of nitrogens with one attached hydrogen (secondary N) is 1. The Balaban J connectivity index is 1.65. The molecule has 1 N–H and O–H groups in total. The lowest BCUT2D eigenvalue weighted by Gasteiger charge is -2.28. The largest absolute Gasteiger partial charge is 0.326 e. The van der Waals surface area contributed by atoms with E-state index < -0.39 is 5.54 Å². The summed E-state index contributed by atoms with van der Waals surface area (Å²) >= 11 is 0. The Morgan fingerprint density at radius 2 is 1.28 bits per heavy atom. The van der Waals surface area contributed by atoms with E-state index in [0.717, 1.165) is 16.7 Å². The van der Waals surface area contributed by atoms with E-state index in [-0.39, 0.29) is 18.6 Å². The number of rotatable bonds is 6.